The fourth-order valence-electron chi connectivity index (χ4n) is 3.73. The van der Waals surface area contributed by atoms with Gasteiger partial charge in [0.1, 0.15) is 10.0 Å². The Balaban J connectivity index is 1.52. The summed E-state index contributed by atoms with van der Waals surface area (Å²) in [5.74, 6) is 0.351. The topological polar surface area (TPSA) is 85.4 Å². The first-order valence-electron chi connectivity index (χ1n) is 9.58. The van der Waals surface area contributed by atoms with Gasteiger partial charge >= 0.3 is 0 Å². The number of sulfone groups is 1. The van der Waals surface area contributed by atoms with E-state index < -0.39 is 15.9 Å². The molecule has 0 bridgehead atoms. The first-order chi connectivity index (χ1) is 14.9. The number of carbonyl (C=O) groups excluding carboxylic acids is 1. The van der Waals surface area contributed by atoms with Gasteiger partial charge in [0.15, 0.2) is 15.6 Å². The number of nitrogens with zero attached hydrogens (tertiary/aromatic N) is 3. The predicted molar refractivity (Wildman–Crippen MR) is 123 cm³/mol. The molecule has 0 radical (unpaired) electrons. The van der Waals surface area contributed by atoms with Gasteiger partial charge in [-0.05, 0) is 36.8 Å². The highest BCUT2D eigenvalue weighted by atomic mass is 32.2. The molecule has 158 valence electrons. The van der Waals surface area contributed by atoms with Gasteiger partial charge < -0.3 is 4.42 Å². The summed E-state index contributed by atoms with van der Waals surface area (Å²) >= 11 is 6.59. The van der Waals surface area contributed by atoms with Crippen LogP contribution < -0.4 is 0 Å². The molecule has 0 spiro atoms. The van der Waals surface area contributed by atoms with Crippen LogP contribution in [0.15, 0.2) is 64.2 Å². The summed E-state index contributed by atoms with van der Waals surface area (Å²) in [5.41, 5.74) is 2.18. The fourth-order valence-corrected chi connectivity index (χ4v) is 6.82. The smallest absolute Gasteiger partial charge is 0.266 e. The van der Waals surface area contributed by atoms with Crippen molar-refractivity contribution in [2.24, 2.45) is 0 Å². The third-order valence-corrected chi connectivity index (χ3v) is 8.28. The summed E-state index contributed by atoms with van der Waals surface area (Å²) in [7, 11) is -3.13. The standard InChI is InChI=1S/C21H17N3O4S3/c25-20-18(30-21(29)24(20)16-8-10-31(26,27)13-16)11-14-12-23(15-5-2-1-3-6-15)22-19(14)17-7-4-9-28-17/h1-7,9,11-12,16H,8,10,13H2/b18-11-. The summed E-state index contributed by atoms with van der Waals surface area (Å²) in [6.45, 7) is 0. The van der Waals surface area contributed by atoms with E-state index in [2.05, 4.69) is 5.10 Å². The minimum absolute atomic E-state index is 0.0453. The van der Waals surface area contributed by atoms with Crippen molar-refractivity contribution in [2.75, 3.05) is 11.5 Å². The lowest BCUT2D eigenvalue weighted by Crippen LogP contribution is -2.39. The summed E-state index contributed by atoms with van der Waals surface area (Å²) < 4.78 is 31.4. The Bertz CT molecular complexity index is 1290. The SMILES string of the molecule is O=C1/C(=C/c2cn(-c3ccccc3)nc2-c2ccco2)SC(=S)N1C1CCS(=O)(=O)C1. The van der Waals surface area contributed by atoms with Gasteiger partial charge in [0.05, 0.1) is 34.4 Å². The van der Waals surface area contributed by atoms with Crippen LogP contribution in [-0.2, 0) is 14.6 Å². The molecule has 2 aliphatic heterocycles. The van der Waals surface area contributed by atoms with Gasteiger partial charge in [0.2, 0.25) is 0 Å². The van der Waals surface area contributed by atoms with Gasteiger partial charge in [-0.15, -0.1) is 0 Å². The van der Waals surface area contributed by atoms with Crippen LogP contribution in [-0.4, -0.2) is 50.9 Å². The predicted octanol–water partition coefficient (Wildman–Crippen LogP) is 3.52. The van der Waals surface area contributed by atoms with E-state index in [1.165, 1.54) is 16.7 Å². The van der Waals surface area contributed by atoms with Crippen LogP contribution in [0.1, 0.15) is 12.0 Å². The quantitative estimate of drug-likeness (QED) is 0.425. The van der Waals surface area contributed by atoms with E-state index in [0.29, 0.717) is 32.7 Å². The van der Waals surface area contributed by atoms with E-state index >= 15 is 0 Å². The Morgan fingerprint density at radius 3 is 2.68 bits per heavy atom. The molecule has 2 aliphatic rings. The zero-order valence-corrected chi connectivity index (χ0v) is 18.6. The van der Waals surface area contributed by atoms with E-state index in [1.807, 2.05) is 42.6 Å². The summed E-state index contributed by atoms with van der Waals surface area (Å²) in [4.78, 5) is 15.0. The molecule has 2 aromatic heterocycles. The molecule has 0 N–H and O–H groups in total. The monoisotopic (exact) mass is 471 g/mol. The molecular formula is C21H17N3O4S3. The second-order valence-electron chi connectivity index (χ2n) is 7.30. The second-order valence-corrected chi connectivity index (χ2v) is 11.2. The second kappa shape index (κ2) is 7.77. The zero-order valence-electron chi connectivity index (χ0n) is 16.2. The maximum atomic E-state index is 13.1. The summed E-state index contributed by atoms with van der Waals surface area (Å²) in [6, 6.07) is 12.8. The Hall–Kier alpha value is -2.69. The lowest BCUT2D eigenvalue weighted by molar-refractivity contribution is -0.123. The van der Waals surface area contributed by atoms with E-state index in [4.69, 9.17) is 16.6 Å². The van der Waals surface area contributed by atoms with Crippen molar-refractivity contribution in [1.29, 1.82) is 0 Å². The maximum Gasteiger partial charge on any atom is 0.266 e. The molecule has 7 nitrogen and oxygen atoms in total. The van der Waals surface area contributed by atoms with Gasteiger partial charge in [-0.1, -0.05) is 42.2 Å². The molecule has 0 aliphatic carbocycles. The van der Waals surface area contributed by atoms with Gasteiger partial charge in [0.25, 0.3) is 5.91 Å². The van der Waals surface area contributed by atoms with Gasteiger partial charge in [-0.25, -0.2) is 13.1 Å². The molecule has 31 heavy (non-hydrogen) atoms. The fraction of sp³-hybridized carbons (Fsp3) is 0.190. The van der Waals surface area contributed by atoms with Crippen molar-refractivity contribution in [3.8, 4) is 17.1 Å². The van der Waals surface area contributed by atoms with Crippen LogP contribution in [0.25, 0.3) is 23.2 Å². The molecular weight excluding hydrogens is 454 g/mol. The van der Waals surface area contributed by atoms with Crippen LogP contribution in [0.3, 0.4) is 0 Å². The van der Waals surface area contributed by atoms with Crippen molar-refractivity contribution in [3.63, 3.8) is 0 Å². The molecule has 2 fully saturated rings. The largest absolute Gasteiger partial charge is 0.463 e. The van der Waals surface area contributed by atoms with Crippen LogP contribution >= 0.6 is 24.0 Å². The molecule has 2 saturated heterocycles. The number of furan rings is 1. The van der Waals surface area contributed by atoms with Gasteiger partial charge in [-0.3, -0.25) is 9.69 Å². The van der Waals surface area contributed by atoms with E-state index in [0.717, 1.165) is 5.69 Å². The lowest BCUT2D eigenvalue weighted by Gasteiger charge is -2.20. The first kappa shape index (κ1) is 20.2. The Morgan fingerprint density at radius 1 is 1.19 bits per heavy atom. The van der Waals surface area contributed by atoms with Crippen LogP contribution in [0.5, 0.6) is 0 Å². The minimum atomic E-state index is -3.13. The molecule has 1 aromatic carbocycles. The third-order valence-electron chi connectivity index (χ3n) is 5.20. The molecule has 0 saturated carbocycles. The number of rotatable bonds is 4. The zero-order chi connectivity index (χ0) is 21.6. The van der Waals surface area contributed by atoms with Crippen molar-refractivity contribution in [3.05, 3.63) is 65.4 Å². The number of carbonyl (C=O) groups is 1. The summed E-state index contributed by atoms with van der Waals surface area (Å²) in [5, 5.41) is 4.66. The minimum Gasteiger partial charge on any atom is -0.463 e. The Kier molecular flexibility index (Phi) is 5.07. The Labute approximate surface area is 188 Å². The highest BCUT2D eigenvalue weighted by molar-refractivity contribution is 8.26. The number of para-hydroxylation sites is 1. The van der Waals surface area contributed by atoms with Crippen molar-refractivity contribution < 1.29 is 17.6 Å². The molecule has 1 amide bonds. The van der Waals surface area contributed by atoms with E-state index in [-0.39, 0.29) is 17.4 Å². The number of hydrogen-bond acceptors (Lipinski definition) is 7. The first-order valence-corrected chi connectivity index (χ1v) is 12.6. The van der Waals surface area contributed by atoms with Crippen LogP contribution in [0, 0.1) is 0 Å². The Morgan fingerprint density at radius 2 is 2.00 bits per heavy atom. The number of benzene rings is 1. The molecule has 1 unspecified atom stereocenters. The number of thioether (sulfide) groups is 1. The number of amides is 1. The highest BCUT2D eigenvalue weighted by Gasteiger charge is 2.42. The lowest BCUT2D eigenvalue weighted by atomic mass is 10.2. The average Bonchev–Trinajstić information content (AvgIpc) is 3.51. The normalized spacial score (nSPS) is 22.0. The highest BCUT2D eigenvalue weighted by Crippen LogP contribution is 2.37. The number of hydrogen-bond donors (Lipinski definition) is 0. The van der Waals surface area contributed by atoms with Crippen molar-refractivity contribution in [2.45, 2.75) is 12.5 Å². The van der Waals surface area contributed by atoms with E-state index in [1.54, 1.807) is 23.1 Å². The molecule has 5 rings (SSSR count). The third kappa shape index (κ3) is 3.86. The van der Waals surface area contributed by atoms with Crippen molar-refractivity contribution in [1.82, 2.24) is 14.7 Å². The van der Waals surface area contributed by atoms with Gasteiger partial charge in [-0.2, -0.15) is 5.10 Å². The summed E-state index contributed by atoms with van der Waals surface area (Å²) in [6.07, 6.45) is 5.55. The molecule has 3 aromatic rings. The van der Waals surface area contributed by atoms with Crippen LogP contribution in [0.2, 0.25) is 0 Å². The number of aromatic nitrogens is 2. The van der Waals surface area contributed by atoms with Crippen molar-refractivity contribution >= 4 is 50.1 Å². The molecule has 10 heteroatoms. The number of thiocarbonyl (C=S) groups is 1. The average molecular weight is 472 g/mol. The molecule has 4 heterocycles. The van der Waals surface area contributed by atoms with Gasteiger partial charge in [0, 0.05) is 11.8 Å². The van der Waals surface area contributed by atoms with Crippen LogP contribution in [0.4, 0.5) is 0 Å². The molecule has 1 atom stereocenters. The van der Waals surface area contributed by atoms with E-state index in [9.17, 15) is 13.2 Å². The maximum absolute atomic E-state index is 13.1.